The second-order valence-electron chi connectivity index (χ2n) is 3.33. The Hall–Kier alpha value is -1.06. The Labute approximate surface area is 87.4 Å². The molecule has 2 N–H and O–H groups in total. The van der Waals surface area contributed by atoms with E-state index in [1.54, 1.807) is 17.6 Å². The zero-order valence-corrected chi connectivity index (χ0v) is 8.67. The van der Waals surface area contributed by atoms with Gasteiger partial charge >= 0.3 is 0 Å². The van der Waals surface area contributed by atoms with Gasteiger partial charge in [-0.2, -0.15) is 0 Å². The van der Waals surface area contributed by atoms with E-state index in [9.17, 15) is 0 Å². The normalized spacial score (nSPS) is 12.9. The molecule has 0 aromatic carbocycles. The number of hydrogen-bond donors (Lipinski definition) is 1. The van der Waals surface area contributed by atoms with Gasteiger partial charge in [-0.25, -0.2) is 0 Å². The second-order valence-corrected chi connectivity index (χ2v) is 4.36. The van der Waals surface area contributed by atoms with Crippen molar-refractivity contribution in [2.45, 2.75) is 18.9 Å². The molecule has 74 valence electrons. The molecule has 0 bridgehead atoms. The fourth-order valence-electron chi connectivity index (χ4n) is 1.45. The maximum absolute atomic E-state index is 6.00. The minimum Gasteiger partial charge on any atom is -0.469 e. The predicted octanol–water partition coefficient (Wildman–Crippen LogP) is 2.45. The van der Waals surface area contributed by atoms with Gasteiger partial charge in [0.15, 0.2) is 0 Å². The minimum absolute atomic E-state index is 0.153. The maximum Gasteiger partial charge on any atom is 0.105 e. The molecule has 0 aliphatic carbocycles. The summed E-state index contributed by atoms with van der Waals surface area (Å²) in [7, 11) is 0. The number of rotatable bonds is 4. The van der Waals surface area contributed by atoms with Gasteiger partial charge in [0.2, 0.25) is 0 Å². The molecule has 0 amide bonds. The molecule has 1 unspecified atom stereocenters. The van der Waals surface area contributed by atoms with Crippen LogP contribution in [0.4, 0.5) is 0 Å². The van der Waals surface area contributed by atoms with Crippen LogP contribution in [0.5, 0.6) is 0 Å². The first-order chi connectivity index (χ1) is 6.84. The van der Waals surface area contributed by atoms with Crippen molar-refractivity contribution in [1.82, 2.24) is 0 Å². The van der Waals surface area contributed by atoms with Crippen LogP contribution >= 0.6 is 11.3 Å². The Bertz CT molecular complexity index is 316. The van der Waals surface area contributed by atoms with Crippen LogP contribution in [0.25, 0.3) is 0 Å². The monoisotopic (exact) mass is 207 g/mol. The predicted molar refractivity (Wildman–Crippen MR) is 58.4 cm³/mol. The van der Waals surface area contributed by atoms with E-state index >= 15 is 0 Å². The highest BCUT2D eigenvalue weighted by Gasteiger charge is 2.07. The average Bonchev–Trinajstić information content (AvgIpc) is 2.76. The first-order valence-electron chi connectivity index (χ1n) is 4.65. The third-order valence-corrected chi connectivity index (χ3v) is 2.99. The van der Waals surface area contributed by atoms with Crippen LogP contribution in [0.15, 0.2) is 40.3 Å². The molecule has 2 nitrogen and oxygen atoms in total. The van der Waals surface area contributed by atoms with Crippen molar-refractivity contribution in [3.63, 3.8) is 0 Å². The van der Waals surface area contributed by atoms with Crippen molar-refractivity contribution < 1.29 is 4.42 Å². The maximum atomic E-state index is 6.00. The van der Waals surface area contributed by atoms with Gasteiger partial charge in [-0.15, -0.1) is 11.3 Å². The van der Waals surface area contributed by atoms with Crippen LogP contribution in [-0.2, 0) is 12.8 Å². The molecular weight excluding hydrogens is 194 g/mol. The van der Waals surface area contributed by atoms with Gasteiger partial charge in [0, 0.05) is 17.3 Å². The summed E-state index contributed by atoms with van der Waals surface area (Å²) in [6.45, 7) is 0. The van der Waals surface area contributed by atoms with E-state index in [1.165, 1.54) is 4.88 Å². The second kappa shape index (κ2) is 4.44. The van der Waals surface area contributed by atoms with E-state index in [0.717, 1.165) is 18.6 Å². The van der Waals surface area contributed by atoms with Gasteiger partial charge in [-0.3, -0.25) is 0 Å². The Kier molecular flexibility index (Phi) is 3.01. The van der Waals surface area contributed by atoms with Crippen molar-refractivity contribution >= 4 is 11.3 Å². The highest BCUT2D eigenvalue weighted by atomic mass is 32.1. The SMILES string of the molecule is NC(Cc1ccco1)Cc1cccs1. The van der Waals surface area contributed by atoms with Gasteiger partial charge in [0.1, 0.15) is 5.76 Å². The molecule has 14 heavy (non-hydrogen) atoms. The molecule has 0 aliphatic rings. The molecule has 0 saturated carbocycles. The lowest BCUT2D eigenvalue weighted by Crippen LogP contribution is -2.24. The third kappa shape index (κ3) is 2.47. The van der Waals surface area contributed by atoms with E-state index in [2.05, 4.69) is 17.5 Å². The van der Waals surface area contributed by atoms with E-state index in [-0.39, 0.29) is 6.04 Å². The molecule has 2 aromatic heterocycles. The van der Waals surface area contributed by atoms with Crippen LogP contribution in [0.1, 0.15) is 10.6 Å². The molecule has 0 fully saturated rings. The van der Waals surface area contributed by atoms with E-state index in [0.29, 0.717) is 0 Å². The summed E-state index contributed by atoms with van der Waals surface area (Å²) < 4.78 is 5.25. The van der Waals surface area contributed by atoms with Crippen LogP contribution in [0.2, 0.25) is 0 Å². The lowest BCUT2D eigenvalue weighted by Gasteiger charge is -2.07. The first-order valence-corrected chi connectivity index (χ1v) is 5.53. The van der Waals surface area contributed by atoms with Gasteiger partial charge < -0.3 is 10.2 Å². The average molecular weight is 207 g/mol. The zero-order chi connectivity index (χ0) is 9.80. The number of nitrogens with two attached hydrogens (primary N) is 1. The van der Waals surface area contributed by atoms with Gasteiger partial charge in [-0.05, 0) is 30.0 Å². The highest BCUT2D eigenvalue weighted by molar-refractivity contribution is 7.09. The Morgan fingerprint density at radius 3 is 2.86 bits per heavy atom. The molecule has 0 saturated heterocycles. The van der Waals surface area contributed by atoms with E-state index < -0.39 is 0 Å². The van der Waals surface area contributed by atoms with Gasteiger partial charge in [0.05, 0.1) is 6.26 Å². The minimum atomic E-state index is 0.153. The topological polar surface area (TPSA) is 39.2 Å². The molecule has 0 radical (unpaired) electrons. The fraction of sp³-hybridized carbons (Fsp3) is 0.273. The molecule has 2 rings (SSSR count). The van der Waals surface area contributed by atoms with Crippen LogP contribution in [-0.4, -0.2) is 6.04 Å². The first kappa shape index (κ1) is 9.49. The summed E-state index contributed by atoms with van der Waals surface area (Å²) >= 11 is 1.75. The Balaban J connectivity index is 1.88. The summed E-state index contributed by atoms with van der Waals surface area (Å²) in [5.41, 5.74) is 6.00. The zero-order valence-electron chi connectivity index (χ0n) is 7.85. The molecule has 2 aromatic rings. The molecular formula is C11H13NOS. The lowest BCUT2D eigenvalue weighted by molar-refractivity contribution is 0.483. The van der Waals surface area contributed by atoms with Crippen molar-refractivity contribution in [3.05, 3.63) is 46.5 Å². The highest BCUT2D eigenvalue weighted by Crippen LogP contribution is 2.12. The summed E-state index contributed by atoms with van der Waals surface area (Å²) in [6.07, 6.45) is 3.43. The Morgan fingerprint density at radius 2 is 2.21 bits per heavy atom. The fourth-order valence-corrected chi connectivity index (χ4v) is 2.25. The largest absolute Gasteiger partial charge is 0.469 e. The molecule has 0 spiro atoms. The van der Waals surface area contributed by atoms with Crippen molar-refractivity contribution in [3.8, 4) is 0 Å². The van der Waals surface area contributed by atoms with E-state index in [4.69, 9.17) is 10.2 Å². The summed E-state index contributed by atoms with van der Waals surface area (Å²) in [5, 5.41) is 2.08. The third-order valence-electron chi connectivity index (χ3n) is 2.09. The number of hydrogen-bond acceptors (Lipinski definition) is 3. The van der Waals surface area contributed by atoms with Crippen molar-refractivity contribution in [2.75, 3.05) is 0 Å². The standard InChI is InChI=1S/C11H13NOS/c12-9(7-10-3-1-5-13-10)8-11-4-2-6-14-11/h1-6,9H,7-8,12H2. The molecule has 2 heterocycles. The van der Waals surface area contributed by atoms with Gasteiger partial charge in [-0.1, -0.05) is 6.07 Å². The number of thiophene rings is 1. The van der Waals surface area contributed by atoms with Crippen LogP contribution in [0.3, 0.4) is 0 Å². The lowest BCUT2D eigenvalue weighted by atomic mass is 10.1. The molecule has 1 atom stereocenters. The van der Waals surface area contributed by atoms with Crippen molar-refractivity contribution in [2.24, 2.45) is 5.73 Å². The molecule has 3 heteroatoms. The Morgan fingerprint density at radius 1 is 1.29 bits per heavy atom. The number of furan rings is 1. The summed E-state index contributed by atoms with van der Waals surface area (Å²) in [6, 6.07) is 8.19. The van der Waals surface area contributed by atoms with Crippen molar-refractivity contribution in [1.29, 1.82) is 0 Å². The summed E-state index contributed by atoms with van der Waals surface area (Å²) in [4.78, 5) is 1.34. The van der Waals surface area contributed by atoms with Gasteiger partial charge in [0.25, 0.3) is 0 Å². The smallest absolute Gasteiger partial charge is 0.105 e. The van der Waals surface area contributed by atoms with Crippen LogP contribution in [0, 0.1) is 0 Å². The van der Waals surface area contributed by atoms with E-state index in [1.807, 2.05) is 12.1 Å². The van der Waals surface area contributed by atoms with Crippen LogP contribution < -0.4 is 5.73 Å². The molecule has 0 aliphatic heterocycles. The summed E-state index contributed by atoms with van der Waals surface area (Å²) in [5.74, 6) is 0.967. The quantitative estimate of drug-likeness (QED) is 0.836.